The zero-order valence-corrected chi connectivity index (χ0v) is 9.12. The Morgan fingerprint density at radius 1 is 1.60 bits per heavy atom. The van der Waals surface area contributed by atoms with Gasteiger partial charge in [0, 0.05) is 6.54 Å². The molecular weight excluding hydrogens is 190 g/mol. The molecule has 0 saturated carbocycles. The molecule has 1 amide bonds. The fraction of sp³-hybridized carbons (Fsp3) is 0.417. The van der Waals surface area contributed by atoms with Crippen LogP contribution in [0.2, 0.25) is 0 Å². The molecule has 0 fully saturated rings. The van der Waals surface area contributed by atoms with Crippen molar-refractivity contribution in [3.63, 3.8) is 0 Å². The van der Waals surface area contributed by atoms with Gasteiger partial charge in [-0.3, -0.25) is 4.79 Å². The summed E-state index contributed by atoms with van der Waals surface area (Å²) in [5.74, 6) is 3.43. The van der Waals surface area contributed by atoms with Crippen LogP contribution in [0, 0.1) is 19.3 Å². The number of nitrogens with zero attached hydrogens (tertiary/aromatic N) is 1. The second-order valence-electron chi connectivity index (χ2n) is 3.34. The Balaban J connectivity index is 2.76. The molecule has 0 N–H and O–H groups in total. The molecule has 0 aliphatic carbocycles. The van der Waals surface area contributed by atoms with Crippen molar-refractivity contribution in [2.45, 2.75) is 20.3 Å². The zero-order chi connectivity index (χ0) is 11.3. The lowest BCUT2D eigenvalue weighted by atomic mass is 10.3. The third-order valence-corrected chi connectivity index (χ3v) is 2.01. The monoisotopic (exact) mass is 205 g/mol. The maximum atomic E-state index is 11.9. The number of hydrogen-bond acceptors (Lipinski definition) is 2. The normalized spacial score (nSPS) is 9.67. The van der Waals surface area contributed by atoms with Crippen molar-refractivity contribution in [1.29, 1.82) is 0 Å². The first-order chi connectivity index (χ1) is 7.19. The second kappa shape index (κ2) is 5.26. The Morgan fingerprint density at radius 2 is 2.33 bits per heavy atom. The van der Waals surface area contributed by atoms with Crippen LogP contribution in [0.4, 0.5) is 0 Å². The van der Waals surface area contributed by atoms with Crippen LogP contribution in [0.25, 0.3) is 0 Å². The van der Waals surface area contributed by atoms with Gasteiger partial charge < -0.3 is 9.32 Å². The summed E-state index contributed by atoms with van der Waals surface area (Å²) >= 11 is 0. The van der Waals surface area contributed by atoms with Crippen LogP contribution in [-0.2, 0) is 0 Å². The van der Waals surface area contributed by atoms with Crippen LogP contribution >= 0.6 is 0 Å². The third kappa shape index (κ3) is 2.88. The van der Waals surface area contributed by atoms with Crippen LogP contribution in [-0.4, -0.2) is 23.9 Å². The predicted octanol–water partition coefficient (Wildman–Crippen LogP) is 2.07. The summed E-state index contributed by atoms with van der Waals surface area (Å²) in [4.78, 5) is 13.5. The molecule has 0 bridgehead atoms. The fourth-order valence-electron chi connectivity index (χ4n) is 1.34. The van der Waals surface area contributed by atoms with Gasteiger partial charge in [-0.1, -0.05) is 12.8 Å². The first-order valence-corrected chi connectivity index (χ1v) is 4.98. The van der Waals surface area contributed by atoms with Crippen molar-refractivity contribution in [2.24, 2.45) is 0 Å². The first kappa shape index (κ1) is 11.4. The smallest absolute Gasteiger partial charge is 0.290 e. The van der Waals surface area contributed by atoms with Gasteiger partial charge in [0.15, 0.2) is 5.76 Å². The molecule has 1 aromatic heterocycles. The molecule has 0 atom stereocenters. The molecule has 0 aliphatic heterocycles. The van der Waals surface area contributed by atoms with E-state index in [4.69, 9.17) is 10.8 Å². The summed E-state index contributed by atoms with van der Waals surface area (Å²) in [5, 5.41) is 0. The quantitative estimate of drug-likeness (QED) is 0.705. The van der Waals surface area contributed by atoms with E-state index >= 15 is 0 Å². The molecule has 1 rings (SSSR count). The molecule has 0 spiro atoms. The van der Waals surface area contributed by atoms with E-state index in [1.807, 2.05) is 13.8 Å². The van der Waals surface area contributed by atoms with E-state index < -0.39 is 0 Å². The number of terminal acetylenes is 1. The Bertz CT molecular complexity index is 373. The fourth-order valence-corrected chi connectivity index (χ4v) is 1.34. The van der Waals surface area contributed by atoms with Gasteiger partial charge in [0.25, 0.3) is 5.91 Å². The zero-order valence-electron chi connectivity index (χ0n) is 9.12. The molecule has 0 radical (unpaired) electrons. The summed E-state index contributed by atoms with van der Waals surface area (Å²) in [7, 11) is 0. The Hall–Kier alpha value is -1.69. The number of hydrogen-bond donors (Lipinski definition) is 0. The van der Waals surface area contributed by atoms with Crippen molar-refractivity contribution in [3.05, 3.63) is 23.7 Å². The van der Waals surface area contributed by atoms with Crippen LogP contribution in [0.5, 0.6) is 0 Å². The average molecular weight is 205 g/mol. The maximum absolute atomic E-state index is 11.9. The minimum atomic E-state index is -0.136. The number of carbonyl (C=O) groups is 1. The molecule has 15 heavy (non-hydrogen) atoms. The minimum Gasteiger partial charge on any atom is -0.456 e. The third-order valence-electron chi connectivity index (χ3n) is 2.01. The molecule has 3 heteroatoms. The molecule has 3 nitrogen and oxygen atoms in total. The van der Waals surface area contributed by atoms with Crippen molar-refractivity contribution in [1.82, 2.24) is 4.90 Å². The number of aryl methyl sites for hydroxylation is 1. The molecule has 0 saturated heterocycles. The Morgan fingerprint density at radius 3 is 2.80 bits per heavy atom. The Labute approximate surface area is 90.1 Å². The summed E-state index contributed by atoms with van der Waals surface area (Å²) < 4.78 is 5.26. The van der Waals surface area contributed by atoms with Gasteiger partial charge in [-0.25, -0.2) is 0 Å². The number of amides is 1. The van der Waals surface area contributed by atoms with E-state index in [0.29, 0.717) is 18.8 Å². The van der Waals surface area contributed by atoms with E-state index in [2.05, 4.69) is 5.92 Å². The largest absolute Gasteiger partial charge is 0.456 e. The van der Waals surface area contributed by atoms with E-state index in [1.54, 1.807) is 17.0 Å². The average Bonchev–Trinajstić information content (AvgIpc) is 2.63. The van der Waals surface area contributed by atoms with Crippen LogP contribution < -0.4 is 0 Å². The van der Waals surface area contributed by atoms with Crippen molar-refractivity contribution >= 4 is 5.91 Å². The summed E-state index contributed by atoms with van der Waals surface area (Å²) in [6.07, 6.45) is 6.09. The van der Waals surface area contributed by atoms with Gasteiger partial charge in [0.1, 0.15) is 5.76 Å². The highest BCUT2D eigenvalue weighted by molar-refractivity contribution is 5.91. The molecule has 0 aromatic carbocycles. The number of rotatable bonds is 4. The highest BCUT2D eigenvalue weighted by Gasteiger charge is 2.16. The molecule has 0 unspecified atom stereocenters. The SMILES string of the molecule is C#CCN(CCC)C(=O)c1ccc(C)o1. The Kier molecular flexibility index (Phi) is 3.99. The van der Waals surface area contributed by atoms with Gasteiger partial charge in [0.05, 0.1) is 6.54 Å². The summed E-state index contributed by atoms with van der Waals surface area (Å²) in [6.45, 7) is 4.79. The second-order valence-corrected chi connectivity index (χ2v) is 3.34. The first-order valence-electron chi connectivity index (χ1n) is 4.98. The molecule has 0 aliphatic rings. The summed E-state index contributed by atoms with van der Waals surface area (Å²) in [6, 6.07) is 3.45. The van der Waals surface area contributed by atoms with Crippen LogP contribution in [0.15, 0.2) is 16.5 Å². The van der Waals surface area contributed by atoms with Gasteiger partial charge in [-0.15, -0.1) is 6.42 Å². The van der Waals surface area contributed by atoms with E-state index in [-0.39, 0.29) is 5.91 Å². The van der Waals surface area contributed by atoms with E-state index in [0.717, 1.165) is 12.2 Å². The van der Waals surface area contributed by atoms with Crippen molar-refractivity contribution in [3.8, 4) is 12.3 Å². The molecule has 1 aromatic rings. The molecule has 80 valence electrons. The number of furan rings is 1. The topological polar surface area (TPSA) is 33.5 Å². The number of carbonyl (C=O) groups excluding carboxylic acids is 1. The maximum Gasteiger partial charge on any atom is 0.290 e. The van der Waals surface area contributed by atoms with Crippen LogP contribution in [0.1, 0.15) is 29.7 Å². The lowest BCUT2D eigenvalue weighted by Gasteiger charge is -2.17. The lowest BCUT2D eigenvalue weighted by Crippen LogP contribution is -2.31. The van der Waals surface area contributed by atoms with Crippen molar-refractivity contribution < 1.29 is 9.21 Å². The van der Waals surface area contributed by atoms with Gasteiger partial charge >= 0.3 is 0 Å². The highest BCUT2D eigenvalue weighted by atomic mass is 16.3. The standard InChI is InChI=1S/C12H15NO2/c1-4-8-13(9-5-2)12(14)11-7-6-10(3)15-11/h1,6-7H,5,8-9H2,2-3H3. The molecular formula is C12H15NO2. The van der Waals surface area contributed by atoms with Gasteiger partial charge in [-0.2, -0.15) is 0 Å². The predicted molar refractivity (Wildman–Crippen MR) is 58.5 cm³/mol. The van der Waals surface area contributed by atoms with Gasteiger partial charge in [-0.05, 0) is 25.5 Å². The van der Waals surface area contributed by atoms with E-state index in [1.165, 1.54) is 0 Å². The lowest BCUT2D eigenvalue weighted by molar-refractivity contribution is 0.0743. The van der Waals surface area contributed by atoms with E-state index in [9.17, 15) is 4.79 Å². The molecule has 1 heterocycles. The van der Waals surface area contributed by atoms with Crippen LogP contribution in [0.3, 0.4) is 0 Å². The minimum absolute atomic E-state index is 0.136. The highest BCUT2D eigenvalue weighted by Crippen LogP contribution is 2.09. The van der Waals surface area contributed by atoms with Crippen molar-refractivity contribution in [2.75, 3.05) is 13.1 Å². The van der Waals surface area contributed by atoms with Gasteiger partial charge in [0.2, 0.25) is 0 Å². The summed E-state index contributed by atoms with van der Waals surface area (Å²) in [5.41, 5.74) is 0.